The molecular formula is C11H11BrO3. The van der Waals surface area contributed by atoms with Crippen LogP contribution in [0.15, 0.2) is 18.2 Å². The molecule has 15 heavy (non-hydrogen) atoms. The Hall–Kier alpha value is -1.16. The average Bonchev–Trinajstić information content (AvgIpc) is 2.15. The summed E-state index contributed by atoms with van der Waals surface area (Å²) in [5.74, 6) is -1.03. The summed E-state index contributed by atoms with van der Waals surface area (Å²) in [7, 11) is 0. The van der Waals surface area contributed by atoms with Crippen LogP contribution >= 0.6 is 15.9 Å². The molecule has 1 aromatic rings. The normalized spacial score (nSPS) is 12.2. The number of aromatic carboxylic acids is 1. The summed E-state index contributed by atoms with van der Waals surface area (Å²) in [5, 5.41) is 8.85. The van der Waals surface area contributed by atoms with Crippen molar-refractivity contribution in [1.82, 2.24) is 0 Å². The van der Waals surface area contributed by atoms with E-state index in [2.05, 4.69) is 15.9 Å². The van der Waals surface area contributed by atoms with E-state index in [0.717, 1.165) is 5.56 Å². The van der Waals surface area contributed by atoms with Gasteiger partial charge in [-0.2, -0.15) is 0 Å². The second-order valence-electron chi connectivity index (χ2n) is 3.41. The molecule has 3 nitrogen and oxygen atoms in total. The first-order valence-corrected chi connectivity index (χ1v) is 5.33. The standard InChI is InChI=1S/C11H11BrO3/c1-6-3-8(10(12)7(2)13)5-9(4-6)11(14)15/h3-5,10H,1-2H3,(H,14,15). The Bertz CT molecular complexity index is 412. The number of carboxylic acid groups (broad SMARTS) is 1. The number of rotatable bonds is 3. The molecule has 0 aliphatic carbocycles. The van der Waals surface area contributed by atoms with Gasteiger partial charge in [0.05, 0.1) is 10.4 Å². The number of alkyl halides is 1. The maximum Gasteiger partial charge on any atom is 0.335 e. The van der Waals surface area contributed by atoms with E-state index in [1.807, 2.05) is 0 Å². The number of hydrogen-bond donors (Lipinski definition) is 1. The van der Waals surface area contributed by atoms with Crippen molar-refractivity contribution in [2.75, 3.05) is 0 Å². The zero-order valence-corrected chi connectivity index (χ0v) is 10.0. The lowest BCUT2D eigenvalue weighted by Crippen LogP contribution is -2.04. The number of benzene rings is 1. The van der Waals surface area contributed by atoms with E-state index in [9.17, 15) is 9.59 Å². The van der Waals surface area contributed by atoms with Crippen molar-refractivity contribution in [1.29, 1.82) is 0 Å². The van der Waals surface area contributed by atoms with Crippen LogP contribution in [0.5, 0.6) is 0 Å². The fourth-order valence-electron chi connectivity index (χ4n) is 1.32. The van der Waals surface area contributed by atoms with E-state index >= 15 is 0 Å². The van der Waals surface area contributed by atoms with Gasteiger partial charge in [-0.25, -0.2) is 4.79 Å². The van der Waals surface area contributed by atoms with E-state index in [0.29, 0.717) is 5.56 Å². The Morgan fingerprint density at radius 1 is 1.33 bits per heavy atom. The first kappa shape index (κ1) is 11.9. The molecule has 0 radical (unpaired) electrons. The third-order valence-electron chi connectivity index (χ3n) is 2.00. The van der Waals surface area contributed by atoms with Crippen molar-refractivity contribution in [3.63, 3.8) is 0 Å². The first-order chi connectivity index (χ1) is 6.91. The van der Waals surface area contributed by atoms with E-state index < -0.39 is 10.8 Å². The highest BCUT2D eigenvalue weighted by molar-refractivity contribution is 9.09. The number of carbonyl (C=O) groups excluding carboxylic acids is 1. The lowest BCUT2D eigenvalue weighted by Gasteiger charge is -2.08. The fourth-order valence-corrected chi connectivity index (χ4v) is 1.58. The van der Waals surface area contributed by atoms with Crippen LogP contribution in [-0.4, -0.2) is 16.9 Å². The van der Waals surface area contributed by atoms with Gasteiger partial charge in [-0.05, 0) is 37.1 Å². The van der Waals surface area contributed by atoms with Gasteiger partial charge in [0.2, 0.25) is 0 Å². The molecule has 1 N–H and O–H groups in total. The summed E-state index contributed by atoms with van der Waals surface area (Å²) in [6.45, 7) is 3.26. The maximum atomic E-state index is 11.1. The molecule has 0 spiro atoms. The third-order valence-corrected chi connectivity index (χ3v) is 3.17. The molecule has 0 aliphatic heterocycles. The Kier molecular flexibility index (Phi) is 3.63. The van der Waals surface area contributed by atoms with Gasteiger partial charge in [-0.1, -0.05) is 22.0 Å². The summed E-state index contributed by atoms with van der Waals surface area (Å²) in [6.07, 6.45) is 0. The van der Waals surface area contributed by atoms with Gasteiger partial charge >= 0.3 is 5.97 Å². The minimum Gasteiger partial charge on any atom is -0.478 e. The molecule has 1 atom stereocenters. The van der Waals surface area contributed by atoms with Gasteiger partial charge in [0, 0.05) is 0 Å². The molecule has 0 aliphatic rings. The maximum absolute atomic E-state index is 11.1. The zero-order chi connectivity index (χ0) is 11.6. The zero-order valence-electron chi connectivity index (χ0n) is 8.45. The SMILES string of the molecule is CC(=O)C(Br)c1cc(C)cc(C(=O)O)c1. The summed E-state index contributed by atoms with van der Waals surface area (Å²) in [5.41, 5.74) is 1.71. The molecule has 80 valence electrons. The minimum atomic E-state index is -0.983. The Morgan fingerprint density at radius 2 is 1.93 bits per heavy atom. The van der Waals surface area contributed by atoms with E-state index in [-0.39, 0.29) is 11.3 Å². The molecule has 1 unspecified atom stereocenters. The van der Waals surface area contributed by atoms with Gasteiger partial charge in [-0.3, -0.25) is 4.79 Å². The molecule has 4 heteroatoms. The average molecular weight is 271 g/mol. The van der Waals surface area contributed by atoms with Crippen LogP contribution in [0.25, 0.3) is 0 Å². The molecule has 1 rings (SSSR count). The predicted octanol–water partition coefficient (Wildman–Crippen LogP) is 2.72. The Balaban J connectivity index is 3.20. The second-order valence-corrected chi connectivity index (χ2v) is 4.33. The lowest BCUT2D eigenvalue weighted by atomic mass is 10.0. The quantitative estimate of drug-likeness (QED) is 0.860. The van der Waals surface area contributed by atoms with Crippen LogP contribution in [0.1, 0.15) is 33.2 Å². The molecule has 0 heterocycles. The largest absolute Gasteiger partial charge is 0.478 e. The van der Waals surface area contributed by atoms with Gasteiger partial charge < -0.3 is 5.11 Å². The first-order valence-electron chi connectivity index (χ1n) is 4.41. The summed E-state index contributed by atoms with van der Waals surface area (Å²) in [4.78, 5) is 21.5. The van der Waals surface area contributed by atoms with Gasteiger partial charge in [0.25, 0.3) is 0 Å². The van der Waals surface area contributed by atoms with Crippen LogP contribution in [0.4, 0.5) is 0 Å². The number of carbonyl (C=O) groups is 2. The Labute approximate surface area is 96.2 Å². The summed E-state index contributed by atoms with van der Waals surface area (Å²) in [6, 6.07) is 4.88. The second kappa shape index (κ2) is 4.57. The van der Waals surface area contributed by atoms with Crippen LogP contribution in [0.2, 0.25) is 0 Å². The molecule has 0 saturated heterocycles. The van der Waals surface area contributed by atoms with Crippen molar-refractivity contribution in [3.8, 4) is 0 Å². The number of carboxylic acids is 1. The van der Waals surface area contributed by atoms with Crippen molar-refractivity contribution >= 4 is 27.7 Å². The van der Waals surface area contributed by atoms with Crippen molar-refractivity contribution < 1.29 is 14.7 Å². The van der Waals surface area contributed by atoms with Crippen LogP contribution in [0.3, 0.4) is 0 Å². The minimum absolute atomic E-state index is 0.0445. The number of ketones is 1. The Morgan fingerprint density at radius 3 is 2.40 bits per heavy atom. The van der Waals surface area contributed by atoms with E-state index in [4.69, 9.17) is 5.11 Å². The van der Waals surface area contributed by atoms with Crippen molar-refractivity contribution in [2.24, 2.45) is 0 Å². The van der Waals surface area contributed by atoms with Crippen LogP contribution < -0.4 is 0 Å². The molecule has 0 fully saturated rings. The summed E-state index contributed by atoms with van der Waals surface area (Å²) >= 11 is 3.23. The number of halogens is 1. The predicted molar refractivity (Wildman–Crippen MR) is 60.5 cm³/mol. The monoisotopic (exact) mass is 270 g/mol. The summed E-state index contributed by atoms with van der Waals surface area (Å²) < 4.78 is 0. The molecule has 0 bridgehead atoms. The van der Waals surface area contributed by atoms with Gasteiger partial charge in [0.15, 0.2) is 0 Å². The highest BCUT2D eigenvalue weighted by Crippen LogP contribution is 2.25. The smallest absolute Gasteiger partial charge is 0.335 e. The lowest BCUT2D eigenvalue weighted by molar-refractivity contribution is -0.116. The van der Waals surface area contributed by atoms with E-state index in [1.165, 1.54) is 13.0 Å². The molecule has 1 aromatic carbocycles. The van der Waals surface area contributed by atoms with Crippen molar-refractivity contribution in [3.05, 3.63) is 34.9 Å². The topological polar surface area (TPSA) is 54.4 Å². The van der Waals surface area contributed by atoms with Crippen LogP contribution in [-0.2, 0) is 4.79 Å². The highest BCUT2D eigenvalue weighted by Gasteiger charge is 2.15. The molecular weight excluding hydrogens is 260 g/mol. The van der Waals surface area contributed by atoms with Crippen molar-refractivity contribution in [2.45, 2.75) is 18.7 Å². The molecule has 0 amide bonds. The van der Waals surface area contributed by atoms with Gasteiger partial charge in [0.1, 0.15) is 5.78 Å². The number of Topliss-reactive ketones (excluding diaryl/α,β-unsaturated/α-hetero) is 1. The molecule has 0 aromatic heterocycles. The number of hydrogen-bond acceptors (Lipinski definition) is 2. The molecule has 0 saturated carbocycles. The van der Waals surface area contributed by atoms with E-state index in [1.54, 1.807) is 19.1 Å². The number of aryl methyl sites for hydroxylation is 1. The fraction of sp³-hybridized carbons (Fsp3) is 0.273. The van der Waals surface area contributed by atoms with Crippen LogP contribution in [0, 0.1) is 6.92 Å². The highest BCUT2D eigenvalue weighted by atomic mass is 79.9. The van der Waals surface area contributed by atoms with Gasteiger partial charge in [-0.15, -0.1) is 0 Å². The third kappa shape index (κ3) is 2.89.